The van der Waals surface area contributed by atoms with Crippen molar-refractivity contribution in [1.82, 2.24) is 9.55 Å². The van der Waals surface area contributed by atoms with Gasteiger partial charge in [-0.25, -0.2) is 4.98 Å². The van der Waals surface area contributed by atoms with Crippen LogP contribution in [0.25, 0.3) is 0 Å². The minimum atomic E-state index is 0.0327. The van der Waals surface area contributed by atoms with Crippen LogP contribution in [0.3, 0.4) is 0 Å². The fraction of sp³-hybridized carbons (Fsp3) is 0.364. The van der Waals surface area contributed by atoms with E-state index in [0.717, 1.165) is 12.2 Å². The Bertz CT molecular complexity index is 346. The molecule has 2 aromatic heterocycles. The minimum Gasteiger partial charge on any atom is -0.467 e. The van der Waals surface area contributed by atoms with Gasteiger partial charge in [0.25, 0.3) is 0 Å². The summed E-state index contributed by atoms with van der Waals surface area (Å²) in [6.07, 6.45) is 7.98. The quantitative estimate of drug-likeness (QED) is 0.828. The second kappa shape index (κ2) is 4.31. The molecule has 2 atom stereocenters. The van der Waals surface area contributed by atoms with Gasteiger partial charge in [0.2, 0.25) is 0 Å². The van der Waals surface area contributed by atoms with Crippen molar-refractivity contribution in [1.29, 1.82) is 0 Å². The van der Waals surface area contributed by atoms with Gasteiger partial charge >= 0.3 is 0 Å². The predicted molar refractivity (Wildman–Crippen MR) is 57.3 cm³/mol. The van der Waals surface area contributed by atoms with Gasteiger partial charge in [-0.15, -0.1) is 0 Å². The first-order chi connectivity index (χ1) is 7.33. The Labute approximate surface area is 88.7 Å². The smallest absolute Gasteiger partial charge is 0.128 e. The SMILES string of the molecule is CCC(N)C(c1ccco1)n1ccnc1. The van der Waals surface area contributed by atoms with Crippen LogP contribution in [0, 0.1) is 0 Å². The van der Waals surface area contributed by atoms with Gasteiger partial charge in [0, 0.05) is 18.4 Å². The molecule has 2 aromatic rings. The Kier molecular flexibility index (Phi) is 2.87. The number of nitrogens with two attached hydrogens (primary N) is 1. The summed E-state index contributed by atoms with van der Waals surface area (Å²) in [7, 11) is 0. The zero-order chi connectivity index (χ0) is 10.7. The van der Waals surface area contributed by atoms with Gasteiger partial charge in [0.1, 0.15) is 11.8 Å². The van der Waals surface area contributed by atoms with E-state index in [9.17, 15) is 0 Å². The molecule has 0 saturated heterocycles. The van der Waals surface area contributed by atoms with Gasteiger partial charge in [-0.05, 0) is 18.6 Å². The van der Waals surface area contributed by atoms with E-state index >= 15 is 0 Å². The maximum atomic E-state index is 6.09. The molecule has 2 unspecified atom stereocenters. The molecule has 0 aliphatic carbocycles. The van der Waals surface area contributed by atoms with Crippen molar-refractivity contribution in [2.45, 2.75) is 25.4 Å². The fourth-order valence-corrected chi connectivity index (χ4v) is 1.70. The molecule has 0 amide bonds. The molecular weight excluding hydrogens is 190 g/mol. The topological polar surface area (TPSA) is 57.0 Å². The molecule has 0 aliphatic rings. The molecule has 2 N–H and O–H groups in total. The van der Waals surface area contributed by atoms with E-state index in [1.807, 2.05) is 22.9 Å². The highest BCUT2D eigenvalue weighted by atomic mass is 16.3. The van der Waals surface area contributed by atoms with Gasteiger partial charge in [0.15, 0.2) is 0 Å². The van der Waals surface area contributed by atoms with E-state index in [4.69, 9.17) is 10.2 Å². The van der Waals surface area contributed by atoms with Crippen molar-refractivity contribution in [3.8, 4) is 0 Å². The summed E-state index contributed by atoms with van der Waals surface area (Å²) in [5, 5.41) is 0. The number of rotatable bonds is 4. The molecule has 0 radical (unpaired) electrons. The Morgan fingerprint density at radius 1 is 1.60 bits per heavy atom. The molecule has 4 heteroatoms. The highest BCUT2D eigenvalue weighted by Crippen LogP contribution is 2.22. The summed E-state index contributed by atoms with van der Waals surface area (Å²) in [6, 6.07) is 3.89. The normalized spacial score (nSPS) is 15.1. The van der Waals surface area contributed by atoms with Gasteiger partial charge < -0.3 is 14.7 Å². The monoisotopic (exact) mass is 205 g/mol. The van der Waals surface area contributed by atoms with Crippen molar-refractivity contribution in [3.05, 3.63) is 42.9 Å². The van der Waals surface area contributed by atoms with Crippen LogP contribution in [0.1, 0.15) is 25.1 Å². The zero-order valence-corrected chi connectivity index (χ0v) is 8.71. The second-order valence-electron chi connectivity index (χ2n) is 3.54. The number of furan rings is 1. The van der Waals surface area contributed by atoms with Crippen LogP contribution in [0.2, 0.25) is 0 Å². The Balaban J connectivity index is 2.33. The summed E-state index contributed by atoms with van der Waals surface area (Å²) in [6.45, 7) is 2.07. The lowest BCUT2D eigenvalue weighted by Crippen LogP contribution is -2.31. The van der Waals surface area contributed by atoms with Gasteiger partial charge in [0.05, 0.1) is 12.6 Å². The van der Waals surface area contributed by atoms with Crippen LogP contribution < -0.4 is 5.73 Å². The number of hydrogen-bond acceptors (Lipinski definition) is 3. The molecule has 4 nitrogen and oxygen atoms in total. The van der Waals surface area contributed by atoms with Gasteiger partial charge in [-0.3, -0.25) is 0 Å². The molecule has 0 aliphatic heterocycles. The van der Waals surface area contributed by atoms with Gasteiger partial charge in [-0.2, -0.15) is 0 Å². The minimum absolute atomic E-state index is 0.0327. The molecule has 80 valence electrons. The van der Waals surface area contributed by atoms with E-state index in [1.54, 1.807) is 18.8 Å². The first-order valence-corrected chi connectivity index (χ1v) is 5.09. The molecule has 0 spiro atoms. The molecular formula is C11H15N3O. The van der Waals surface area contributed by atoms with Crippen molar-refractivity contribution in [2.75, 3.05) is 0 Å². The van der Waals surface area contributed by atoms with Crippen molar-refractivity contribution >= 4 is 0 Å². The van der Waals surface area contributed by atoms with Crippen molar-refractivity contribution < 1.29 is 4.42 Å². The van der Waals surface area contributed by atoms with E-state index in [2.05, 4.69) is 11.9 Å². The average molecular weight is 205 g/mol. The van der Waals surface area contributed by atoms with Crippen LogP contribution in [0.5, 0.6) is 0 Å². The summed E-state index contributed by atoms with van der Waals surface area (Å²) in [5.74, 6) is 0.877. The van der Waals surface area contributed by atoms with Gasteiger partial charge in [-0.1, -0.05) is 6.92 Å². The third-order valence-corrected chi connectivity index (χ3v) is 2.56. The molecule has 0 aromatic carbocycles. The third-order valence-electron chi connectivity index (χ3n) is 2.56. The lowest BCUT2D eigenvalue weighted by atomic mass is 10.0. The largest absolute Gasteiger partial charge is 0.467 e. The number of aromatic nitrogens is 2. The maximum absolute atomic E-state index is 6.09. The molecule has 0 bridgehead atoms. The van der Waals surface area contributed by atoms with Crippen molar-refractivity contribution in [3.63, 3.8) is 0 Å². The summed E-state index contributed by atoms with van der Waals surface area (Å²) in [4.78, 5) is 4.04. The van der Waals surface area contributed by atoms with Crippen LogP contribution in [0.4, 0.5) is 0 Å². The van der Waals surface area contributed by atoms with E-state index in [0.29, 0.717) is 0 Å². The third kappa shape index (κ3) is 1.94. The Morgan fingerprint density at radius 2 is 2.47 bits per heavy atom. The summed E-state index contributed by atoms with van der Waals surface area (Å²) < 4.78 is 7.39. The maximum Gasteiger partial charge on any atom is 0.128 e. The predicted octanol–water partition coefficient (Wildman–Crippen LogP) is 1.80. The molecule has 2 rings (SSSR count). The first-order valence-electron chi connectivity index (χ1n) is 5.09. The van der Waals surface area contributed by atoms with E-state index < -0.39 is 0 Å². The number of hydrogen-bond donors (Lipinski definition) is 1. The van der Waals surface area contributed by atoms with Crippen LogP contribution in [0.15, 0.2) is 41.5 Å². The number of imidazole rings is 1. The highest BCUT2D eigenvalue weighted by molar-refractivity contribution is 5.09. The van der Waals surface area contributed by atoms with Crippen molar-refractivity contribution in [2.24, 2.45) is 5.73 Å². The zero-order valence-electron chi connectivity index (χ0n) is 8.71. The summed E-state index contributed by atoms with van der Waals surface area (Å²) in [5.41, 5.74) is 6.09. The van der Waals surface area contributed by atoms with E-state index in [-0.39, 0.29) is 12.1 Å². The van der Waals surface area contributed by atoms with Crippen LogP contribution in [-0.4, -0.2) is 15.6 Å². The highest BCUT2D eigenvalue weighted by Gasteiger charge is 2.22. The molecule has 0 fully saturated rings. The van der Waals surface area contributed by atoms with E-state index in [1.165, 1.54) is 0 Å². The molecule has 15 heavy (non-hydrogen) atoms. The first kappa shape index (κ1) is 9.98. The van der Waals surface area contributed by atoms with Crippen LogP contribution in [-0.2, 0) is 0 Å². The van der Waals surface area contributed by atoms with Crippen LogP contribution >= 0.6 is 0 Å². The lowest BCUT2D eigenvalue weighted by Gasteiger charge is -2.21. The number of nitrogens with zero attached hydrogens (tertiary/aromatic N) is 2. The lowest BCUT2D eigenvalue weighted by molar-refractivity contribution is 0.373. The Morgan fingerprint density at radius 3 is 3.00 bits per heavy atom. The Hall–Kier alpha value is -1.55. The molecule has 0 saturated carbocycles. The fourth-order valence-electron chi connectivity index (χ4n) is 1.70. The molecule has 2 heterocycles. The average Bonchev–Trinajstić information content (AvgIpc) is 2.90. The summed E-state index contributed by atoms with van der Waals surface area (Å²) >= 11 is 0. The standard InChI is InChI=1S/C11H15N3O/c1-2-9(12)11(10-4-3-7-15-10)14-6-5-13-8-14/h3-9,11H,2,12H2,1H3. The second-order valence-corrected chi connectivity index (χ2v) is 3.54.